The molecule has 0 saturated heterocycles. The van der Waals surface area contributed by atoms with Crippen LogP contribution in [0.15, 0.2) is 42.5 Å². The number of ether oxygens (including phenoxy) is 1. The van der Waals surface area contributed by atoms with E-state index < -0.39 is 11.9 Å². The van der Waals surface area contributed by atoms with E-state index in [1.54, 1.807) is 18.2 Å². The SMILES string of the molecule is Cc1ccc(OCC(=O)Nc2ccccc2C(=O)O)c(C(C)(C)C)c1. The zero-order valence-corrected chi connectivity index (χ0v) is 14.9. The highest BCUT2D eigenvalue weighted by atomic mass is 16.5. The summed E-state index contributed by atoms with van der Waals surface area (Å²) in [5, 5.41) is 11.7. The number of nitrogens with one attached hydrogen (secondary N) is 1. The van der Waals surface area contributed by atoms with Gasteiger partial charge in [-0.05, 0) is 36.1 Å². The van der Waals surface area contributed by atoms with Crippen molar-refractivity contribution in [1.82, 2.24) is 0 Å². The number of carbonyl (C=O) groups excluding carboxylic acids is 1. The number of para-hydroxylation sites is 1. The van der Waals surface area contributed by atoms with Gasteiger partial charge in [-0.25, -0.2) is 4.79 Å². The summed E-state index contributed by atoms with van der Waals surface area (Å²) in [5.74, 6) is -0.848. The van der Waals surface area contributed by atoms with Gasteiger partial charge in [0.1, 0.15) is 5.75 Å². The topological polar surface area (TPSA) is 75.6 Å². The van der Waals surface area contributed by atoms with Crippen LogP contribution in [-0.4, -0.2) is 23.6 Å². The van der Waals surface area contributed by atoms with Gasteiger partial charge in [0.25, 0.3) is 5.91 Å². The molecular weight excluding hydrogens is 318 g/mol. The van der Waals surface area contributed by atoms with Gasteiger partial charge in [-0.2, -0.15) is 0 Å². The first-order valence-electron chi connectivity index (χ1n) is 8.04. The van der Waals surface area contributed by atoms with Gasteiger partial charge in [-0.1, -0.05) is 50.6 Å². The number of amides is 1. The average Bonchev–Trinajstić information content (AvgIpc) is 2.53. The Balaban J connectivity index is 2.10. The second-order valence-corrected chi connectivity index (χ2v) is 6.94. The Bertz CT molecular complexity index is 791. The molecule has 0 aliphatic carbocycles. The monoisotopic (exact) mass is 341 g/mol. The first kappa shape index (κ1) is 18.5. The maximum atomic E-state index is 12.2. The van der Waals surface area contributed by atoms with Crippen molar-refractivity contribution in [3.8, 4) is 5.75 Å². The van der Waals surface area contributed by atoms with Crippen LogP contribution < -0.4 is 10.1 Å². The summed E-state index contributed by atoms with van der Waals surface area (Å²) in [5.41, 5.74) is 2.32. The molecule has 5 heteroatoms. The molecule has 2 N–H and O–H groups in total. The third-order valence-electron chi connectivity index (χ3n) is 3.73. The first-order valence-corrected chi connectivity index (χ1v) is 8.04. The second-order valence-electron chi connectivity index (χ2n) is 6.94. The van der Waals surface area contributed by atoms with Crippen LogP contribution in [0, 0.1) is 6.92 Å². The largest absolute Gasteiger partial charge is 0.483 e. The number of benzene rings is 2. The fourth-order valence-electron chi connectivity index (χ4n) is 2.46. The first-order chi connectivity index (χ1) is 11.7. The van der Waals surface area contributed by atoms with Crippen molar-refractivity contribution < 1.29 is 19.4 Å². The Morgan fingerprint density at radius 1 is 1.12 bits per heavy atom. The lowest BCUT2D eigenvalue weighted by molar-refractivity contribution is -0.118. The summed E-state index contributed by atoms with van der Waals surface area (Å²) in [6.07, 6.45) is 0. The predicted octanol–water partition coefficient (Wildman–Crippen LogP) is 4.01. The normalized spacial score (nSPS) is 11.0. The molecule has 0 aromatic heterocycles. The summed E-state index contributed by atoms with van der Waals surface area (Å²) in [7, 11) is 0. The van der Waals surface area contributed by atoms with Crippen molar-refractivity contribution in [2.24, 2.45) is 0 Å². The van der Waals surface area contributed by atoms with E-state index in [9.17, 15) is 9.59 Å². The van der Waals surface area contributed by atoms with E-state index in [0.717, 1.165) is 11.1 Å². The maximum absolute atomic E-state index is 12.2. The average molecular weight is 341 g/mol. The van der Waals surface area contributed by atoms with Crippen LogP contribution in [0.4, 0.5) is 5.69 Å². The van der Waals surface area contributed by atoms with E-state index in [-0.39, 0.29) is 23.3 Å². The fourth-order valence-corrected chi connectivity index (χ4v) is 2.46. The standard InChI is InChI=1S/C20H23NO4/c1-13-9-10-17(15(11-13)20(2,3)4)25-12-18(22)21-16-8-6-5-7-14(16)19(23)24/h5-11H,12H2,1-4H3,(H,21,22)(H,23,24). The summed E-state index contributed by atoms with van der Waals surface area (Å²) in [6.45, 7) is 8.06. The van der Waals surface area contributed by atoms with Crippen LogP contribution in [0.5, 0.6) is 5.75 Å². The van der Waals surface area contributed by atoms with Crippen LogP contribution >= 0.6 is 0 Å². The third kappa shape index (κ3) is 4.83. The quantitative estimate of drug-likeness (QED) is 0.861. The van der Waals surface area contributed by atoms with E-state index in [0.29, 0.717) is 5.75 Å². The van der Waals surface area contributed by atoms with Gasteiger partial charge in [0.15, 0.2) is 6.61 Å². The number of carboxylic acid groups (broad SMARTS) is 1. The molecule has 2 aromatic rings. The molecule has 0 fully saturated rings. The predicted molar refractivity (Wildman–Crippen MR) is 97.4 cm³/mol. The molecule has 2 aromatic carbocycles. The van der Waals surface area contributed by atoms with Crippen LogP contribution in [0.1, 0.15) is 42.3 Å². The number of rotatable bonds is 5. The summed E-state index contributed by atoms with van der Waals surface area (Å²) in [4.78, 5) is 23.3. The Kier molecular flexibility index (Phi) is 5.47. The number of aromatic carboxylic acids is 1. The van der Waals surface area contributed by atoms with Crippen molar-refractivity contribution in [3.63, 3.8) is 0 Å². The van der Waals surface area contributed by atoms with Crippen molar-refractivity contribution in [1.29, 1.82) is 0 Å². The molecule has 0 unspecified atom stereocenters. The minimum Gasteiger partial charge on any atom is -0.483 e. The van der Waals surface area contributed by atoms with Crippen LogP contribution in [0.25, 0.3) is 0 Å². The lowest BCUT2D eigenvalue weighted by Crippen LogP contribution is -2.23. The van der Waals surface area contributed by atoms with E-state index in [2.05, 4.69) is 26.1 Å². The van der Waals surface area contributed by atoms with Crippen LogP contribution in [-0.2, 0) is 10.2 Å². The molecule has 0 atom stereocenters. The van der Waals surface area contributed by atoms with E-state index in [4.69, 9.17) is 9.84 Å². The molecular formula is C20H23NO4. The summed E-state index contributed by atoms with van der Waals surface area (Å²) in [6, 6.07) is 12.1. The highest BCUT2D eigenvalue weighted by molar-refractivity contribution is 6.00. The fraction of sp³-hybridized carbons (Fsp3) is 0.300. The van der Waals surface area contributed by atoms with Gasteiger partial charge >= 0.3 is 5.97 Å². The molecule has 0 spiro atoms. The molecule has 0 heterocycles. The van der Waals surface area contributed by atoms with Gasteiger partial charge < -0.3 is 15.2 Å². The lowest BCUT2D eigenvalue weighted by atomic mass is 9.85. The zero-order chi connectivity index (χ0) is 18.6. The minimum atomic E-state index is -1.09. The smallest absolute Gasteiger partial charge is 0.337 e. The van der Waals surface area contributed by atoms with Crippen molar-refractivity contribution in [2.45, 2.75) is 33.1 Å². The number of anilines is 1. The molecule has 0 aliphatic heterocycles. The Hall–Kier alpha value is -2.82. The highest BCUT2D eigenvalue weighted by Gasteiger charge is 2.20. The summed E-state index contributed by atoms with van der Waals surface area (Å²) >= 11 is 0. The zero-order valence-electron chi connectivity index (χ0n) is 14.9. The molecule has 0 saturated carbocycles. The van der Waals surface area contributed by atoms with Gasteiger partial charge in [-0.15, -0.1) is 0 Å². The molecule has 0 bridgehead atoms. The second kappa shape index (κ2) is 7.38. The number of aryl methyl sites for hydroxylation is 1. The molecule has 132 valence electrons. The molecule has 25 heavy (non-hydrogen) atoms. The molecule has 0 aliphatic rings. The Morgan fingerprint density at radius 2 is 1.80 bits per heavy atom. The van der Waals surface area contributed by atoms with E-state index >= 15 is 0 Å². The van der Waals surface area contributed by atoms with E-state index in [1.807, 2.05) is 25.1 Å². The molecule has 0 radical (unpaired) electrons. The number of carboxylic acids is 1. The minimum absolute atomic E-state index is 0.0431. The Labute approximate surface area is 147 Å². The number of hydrogen-bond donors (Lipinski definition) is 2. The lowest BCUT2D eigenvalue weighted by Gasteiger charge is -2.23. The van der Waals surface area contributed by atoms with Gasteiger partial charge in [0.2, 0.25) is 0 Å². The Morgan fingerprint density at radius 3 is 2.44 bits per heavy atom. The van der Waals surface area contributed by atoms with Crippen molar-refractivity contribution in [2.75, 3.05) is 11.9 Å². The van der Waals surface area contributed by atoms with E-state index in [1.165, 1.54) is 6.07 Å². The summed E-state index contributed by atoms with van der Waals surface area (Å²) < 4.78 is 5.69. The van der Waals surface area contributed by atoms with Gasteiger partial charge in [0, 0.05) is 0 Å². The van der Waals surface area contributed by atoms with Crippen LogP contribution in [0.2, 0.25) is 0 Å². The van der Waals surface area contributed by atoms with Gasteiger partial charge in [0.05, 0.1) is 11.3 Å². The highest BCUT2D eigenvalue weighted by Crippen LogP contribution is 2.32. The van der Waals surface area contributed by atoms with Crippen LogP contribution in [0.3, 0.4) is 0 Å². The molecule has 5 nitrogen and oxygen atoms in total. The number of hydrogen-bond acceptors (Lipinski definition) is 3. The molecule has 1 amide bonds. The maximum Gasteiger partial charge on any atom is 0.337 e. The van der Waals surface area contributed by atoms with Crippen molar-refractivity contribution in [3.05, 3.63) is 59.2 Å². The third-order valence-corrected chi connectivity index (χ3v) is 3.73. The van der Waals surface area contributed by atoms with Gasteiger partial charge in [-0.3, -0.25) is 4.79 Å². The van der Waals surface area contributed by atoms with Crippen molar-refractivity contribution >= 4 is 17.6 Å². The molecule has 2 rings (SSSR count). The number of carbonyl (C=O) groups is 2.